The lowest BCUT2D eigenvalue weighted by molar-refractivity contribution is -0.117. The first-order valence-corrected chi connectivity index (χ1v) is 7.18. The third kappa shape index (κ3) is 2.53. The molecule has 1 unspecified atom stereocenters. The van der Waals surface area contributed by atoms with E-state index in [-0.39, 0.29) is 16.3 Å². The second-order valence-corrected chi connectivity index (χ2v) is 6.36. The molecule has 1 aromatic carbocycles. The Bertz CT molecular complexity index is 543. The van der Waals surface area contributed by atoms with Crippen molar-refractivity contribution in [3.63, 3.8) is 0 Å². The van der Waals surface area contributed by atoms with Gasteiger partial charge in [-0.3, -0.25) is 9.59 Å². The summed E-state index contributed by atoms with van der Waals surface area (Å²) in [6.07, 6.45) is 0.442. The van der Waals surface area contributed by atoms with Gasteiger partial charge in [-0.1, -0.05) is 17.8 Å². The normalized spacial score (nSPS) is 21.8. The van der Waals surface area contributed by atoms with Gasteiger partial charge in [0.25, 0.3) is 0 Å². The number of hydrogen-bond acceptors (Lipinski definition) is 4. The molecule has 1 saturated heterocycles. The van der Waals surface area contributed by atoms with Gasteiger partial charge in [0.2, 0.25) is 5.91 Å². The van der Waals surface area contributed by atoms with Crippen LogP contribution in [0.25, 0.3) is 0 Å². The molecule has 0 saturated carbocycles. The summed E-state index contributed by atoms with van der Waals surface area (Å²) in [6.45, 7) is 3.44. The number of hydrogen-bond donors (Lipinski definition) is 0. The highest BCUT2D eigenvalue weighted by molar-refractivity contribution is 8.14. The maximum absolute atomic E-state index is 12.0. The van der Waals surface area contributed by atoms with Crippen LogP contribution in [0.15, 0.2) is 18.2 Å². The molecular weight excluding hydrogens is 262 g/mol. The summed E-state index contributed by atoms with van der Waals surface area (Å²) < 4.78 is 5.38. The van der Waals surface area contributed by atoms with E-state index in [2.05, 4.69) is 0 Å². The summed E-state index contributed by atoms with van der Waals surface area (Å²) >= 11 is 1.26. The van der Waals surface area contributed by atoms with Crippen molar-refractivity contribution in [1.29, 1.82) is 0 Å². The SMILES string of the molecule is CC(=O)SC1CC(=O)N(c2ccc3c(c2)COC3)C1. The molecule has 0 aliphatic carbocycles. The number of thioether (sulfide) groups is 1. The van der Waals surface area contributed by atoms with Gasteiger partial charge in [-0.15, -0.1) is 0 Å². The summed E-state index contributed by atoms with van der Waals surface area (Å²) in [6, 6.07) is 6.02. The lowest BCUT2D eigenvalue weighted by atomic mass is 10.1. The quantitative estimate of drug-likeness (QED) is 0.830. The van der Waals surface area contributed by atoms with Crippen LogP contribution in [-0.2, 0) is 27.5 Å². The van der Waals surface area contributed by atoms with Crippen LogP contribution in [0.1, 0.15) is 24.5 Å². The molecule has 4 nitrogen and oxygen atoms in total. The van der Waals surface area contributed by atoms with Gasteiger partial charge in [-0.2, -0.15) is 0 Å². The number of rotatable bonds is 2. The molecular formula is C14H15NO3S. The number of nitrogens with zero attached hydrogens (tertiary/aromatic N) is 1. The van der Waals surface area contributed by atoms with Crippen LogP contribution in [-0.4, -0.2) is 22.8 Å². The van der Waals surface area contributed by atoms with E-state index in [9.17, 15) is 9.59 Å². The molecule has 1 amide bonds. The monoisotopic (exact) mass is 277 g/mol. The average molecular weight is 277 g/mol. The predicted molar refractivity (Wildman–Crippen MR) is 74.0 cm³/mol. The molecule has 19 heavy (non-hydrogen) atoms. The van der Waals surface area contributed by atoms with E-state index in [1.807, 2.05) is 18.2 Å². The van der Waals surface area contributed by atoms with Crippen molar-refractivity contribution >= 4 is 28.5 Å². The van der Waals surface area contributed by atoms with Crippen LogP contribution in [0.2, 0.25) is 0 Å². The van der Waals surface area contributed by atoms with Crippen molar-refractivity contribution in [2.45, 2.75) is 31.8 Å². The molecule has 0 aromatic heterocycles. The van der Waals surface area contributed by atoms with E-state index in [1.165, 1.54) is 17.3 Å². The van der Waals surface area contributed by atoms with E-state index in [0.29, 0.717) is 26.2 Å². The molecule has 1 atom stereocenters. The highest BCUT2D eigenvalue weighted by atomic mass is 32.2. The molecule has 3 rings (SSSR count). The minimum absolute atomic E-state index is 0.0713. The number of carbonyl (C=O) groups is 2. The molecule has 1 aromatic rings. The van der Waals surface area contributed by atoms with E-state index < -0.39 is 0 Å². The molecule has 0 radical (unpaired) electrons. The Morgan fingerprint density at radius 1 is 1.37 bits per heavy atom. The first-order valence-electron chi connectivity index (χ1n) is 6.30. The first kappa shape index (κ1) is 12.7. The Hall–Kier alpha value is -1.33. The zero-order valence-electron chi connectivity index (χ0n) is 10.7. The van der Waals surface area contributed by atoms with Gasteiger partial charge in [-0.25, -0.2) is 0 Å². The Morgan fingerprint density at radius 2 is 2.16 bits per heavy atom. The third-order valence-corrected chi connectivity index (χ3v) is 4.42. The van der Waals surface area contributed by atoms with Crippen LogP contribution < -0.4 is 4.90 Å². The van der Waals surface area contributed by atoms with Crippen molar-refractivity contribution in [1.82, 2.24) is 0 Å². The molecule has 0 N–H and O–H groups in total. The molecule has 2 aliphatic heterocycles. The van der Waals surface area contributed by atoms with Crippen molar-refractivity contribution in [3.8, 4) is 0 Å². The zero-order valence-corrected chi connectivity index (χ0v) is 11.5. The summed E-state index contributed by atoms with van der Waals surface area (Å²) in [4.78, 5) is 24.9. The fraction of sp³-hybridized carbons (Fsp3) is 0.429. The topological polar surface area (TPSA) is 46.6 Å². The number of ether oxygens (including phenoxy) is 1. The van der Waals surface area contributed by atoms with Gasteiger partial charge < -0.3 is 9.64 Å². The Balaban J connectivity index is 1.79. The molecule has 1 fully saturated rings. The van der Waals surface area contributed by atoms with Gasteiger partial charge in [0.05, 0.1) is 13.2 Å². The standard InChI is InChI=1S/C14H15NO3S/c1-9(16)19-13-5-14(17)15(6-13)12-3-2-10-7-18-8-11(10)4-12/h2-4,13H,5-8H2,1H3. The summed E-state index contributed by atoms with van der Waals surface area (Å²) in [7, 11) is 0. The Morgan fingerprint density at radius 3 is 2.95 bits per heavy atom. The number of benzene rings is 1. The number of fused-ring (bicyclic) bond motifs is 1. The van der Waals surface area contributed by atoms with Crippen LogP contribution in [0.5, 0.6) is 0 Å². The van der Waals surface area contributed by atoms with Crippen LogP contribution in [0, 0.1) is 0 Å². The largest absolute Gasteiger partial charge is 0.372 e. The molecule has 2 heterocycles. The van der Waals surface area contributed by atoms with Crippen LogP contribution >= 0.6 is 11.8 Å². The van der Waals surface area contributed by atoms with Crippen molar-refractivity contribution in [3.05, 3.63) is 29.3 Å². The van der Waals surface area contributed by atoms with Gasteiger partial charge in [-0.05, 0) is 23.3 Å². The molecule has 5 heteroatoms. The Kier molecular flexibility index (Phi) is 3.33. The minimum Gasteiger partial charge on any atom is -0.372 e. The van der Waals surface area contributed by atoms with E-state index in [4.69, 9.17) is 4.74 Å². The van der Waals surface area contributed by atoms with Gasteiger partial charge in [0, 0.05) is 30.8 Å². The van der Waals surface area contributed by atoms with Crippen molar-refractivity contribution in [2.75, 3.05) is 11.4 Å². The fourth-order valence-corrected chi connectivity index (χ4v) is 3.48. The summed E-state index contributed by atoms with van der Waals surface area (Å²) in [5.74, 6) is 0.0950. The highest BCUT2D eigenvalue weighted by Crippen LogP contribution is 2.31. The second kappa shape index (κ2) is 4.98. The van der Waals surface area contributed by atoms with E-state index in [0.717, 1.165) is 11.3 Å². The summed E-state index contributed by atoms with van der Waals surface area (Å²) in [5, 5.41) is 0.150. The third-order valence-electron chi connectivity index (χ3n) is 3.44. The number of amides is 1. The van der Waals surface area contributed by atoms with E-state index in [1.54, 1.807) is 11.8 Å². The molecule has 0 spiro atoms. The Labute approximate surface area is 116 Å². The molecule has 0 bridgehead atoms. The van der Waals surface area contributed by atoms with Crippen molar-refractivity contribution in [2.24, 2.45) is 0 Å². The maximum atomic E-state index is 12.0. The van der Waals surface area contributed by atoms with Gasteiger partial charge in [0.15, 0.2) is 5.12 Å². The zero-order chi connectivity index (χ0) is 13.4. The van der Waals surface area contributed by atoms with Crippen LogP contribution in [0.3, 0.4) is 0 Å². The number of carbonyl (C=O) groups excluding carboxylic acids is 2. The highest BCUT2D eigenvalue weighted by Gasteiger charge is 2.32. The average Bonchev–Trinajstić information content (AvgIpc) is 2.93. The maximum Gasteiger partial charge on any atom is 0.228 e. The van der Waals surface area contributed by atoms with Gasteiger partial charge in [0.1, 0.15) is 0 Å². The summed E-state index contributed by atoms with van der Waals surface area (Å²) in [5.41, 5.74) is 3.28. The fourth-order valence-electron chi connectivity index (χ4n) is 2.56. The van der Waals surface area contributed by atoms with Gasteiger partial charge >= 0.3 is 0 Å². The van der Waals surface area contributed by atoms with Crippen LogP contribution in [0.4, 0.5) is 5.69 Å². The van der Waals surface area contributed by atoms with E-state index >= 15 is 0 Å². The first-order chi connectivity index (χ1) is 9.13. The molecule has 100 valence electrons. The minimum atomic E-state index is 0.0713. The van der Waals surface area contributed by atoms with Crippen molar-refractivity contribution < 1.29 is 14.3 Å². The number of anilines is 1. The smallest absolute Gasteiger partial charge is 0.228 e. The molecule has 2 aliphatic rings. The predicted octanol–water partition coefficient (Wildman–Crippen LogP) is 2.10. The second-order valence-electron chi connectivity index (χ2n) is 4.89. The lowest BCUT2D eigenvalue weighted by Crippen LogP contribution is -2.25. The lowest BCUT2D eigenvalue weighted by Gasteiger charge is -2.17.